The first kappa shape index (κ1) is 18.5. The number of hydrogen-bond acceptors (Lipinski definition) is 2. The van der Waals surface area contributed by atoms with E-state index < -0.39 is 0 Å². The summed E-state index contributed by atoms with van der Waals surface area (Å²) in [5.41, 5.74) is 13.4. The molecule has 0 atom stereocenters. The van der Waals surface area contributed by atoms with Crippen LogP contribution in [0, 0.1) is 0 Å². The molecule has 0 aliphatic rings. The lowest BCUT2D eigenvalue weighted by Gasteiger charge is -2.09. The second-order valence-electron chi connectivity index (χ2n) is 8.46. The Labute approximate surface area is 195 Å². The summed E-state index contributed by atoms with van der Waals surface area (Å²) in [5.74, 6) is 0. The largest absolute Gasteiger partial charge is 0.398 e. The number of thiophene rings is 1. The third-order valence-corrected chi connectivity index (χ3v) is 7.65. The van der Waals surface area contributed by atoms with Crippen LogP contribution in [0.25, 0.3) is 58.8 Å². The number of aromatic nitrogens is 1. The van der Waals surface area contributed by atoms with Gasteiger partial charge < -0.3 is 10.3 Å². The van der Waals surface area contributed by atoms with Gasteiger partial charge in [-0.05, 0) is 59.7 Å². The van der Waals surface area contributed by atoms with Crippen LogP contribution in [0.2, 0.25) is 0 Å². The molecule has 0 radical (unpaired) electrons. The van der Waals surface area contributed by atoms with E-state index in [0.717, 1.165) is 11.3 Å². The van der Waals surface area contributed by atoms with Crippen molar-refractivity contribution in [2.45, 2.75) is 0 Å². The summed E-state index contributed by atoms with van der Waals surface area (Å²) in [6, 6.07) is 38.9. The van der Waals surface area contributed by atoms with Crippen LogP contribution >= 0.6 is 11.3 Å². The Kier molecular flexibility index (Phi) is 3.90. The van der Waals surface area contributed by atoms with Gasteiger partial charge in [0, 0.05) is 42.3 Å². The molecule has 0 bridgehead atoms. The Morgan fingerprint density at radius 1 is 0.545 bits per heavy atom. The molecule has 0 amide bonds. The third-order valence-electron chi connectivity index (χ3n) is 6.53. The van der Waals surface area contributed by atoms with Crippen LogP contribution in [-0.2, 0) is 0 Å². The van der Waals surface area contributed by atoms with Gasteiger partial charge in [0.1, 0.15) is 0 Å². The number of benzene rings is 5. The molecular formula is C30H20N2S. The number of nitrogens with zero attached hydrogens (tertiary/aromatic N) is 1. The van der Waals surface area contributed by atoms with Gasteiger partial charge in [-0.2, -0.15) is 0 Å². The maximum atomic E-state index is 6.59. The molecule has 2 nitrogen and oxygen atoms in total. The zero-order valence-corrected chi connectivity index (χ0v) is 18.6. The average molecular weight is 441 g/mol. The highest BCUT2D eigenvalue weighted by Crippen LogP contribution is 2.41. The molecule has 2 N–H and O–H groups in total. The average Bonchev–Trinajstić information content (AvgIpc) is 3.40. The predicted molar refractivity (Wildman–Crippen MR) is 144 cm³/mol. The lowest BCUT2D eigenvalue weighted by molar-refractivity contribution is 1.18. The Hall–Kier alpha value is -4.08. The number of anilines is 1. The van der Waals surface area contributed by atoms with E-state index in [-0.39, 0.29) is 0 Å². The molecule has 7 rings (SSSR count). The summed E-state index contributed by atoms with van der Waals surface area (Å²) < 4.78 is 4.86. The number of nitrogens with two attached hydrogens (primary N) is 1. The van der Waals surface area contributed by atoms with Crippen molar-refractivity contribution in [2.24, 2.45) is 0 Å². The Morgan fingerprint density at radius 3 is 2.15 bits per heavy atom. The summed E-state index contributed by atoms with van der Waals surface area (Å²) >= 11 is 1.81. The number of para-hydroxylation sites is 2. The van der Waals surface area contributed by atoms with Gasteiger partial charge in [-0.1, -0.05) is 60.7 Å². The van der Waals surface area contributed by atoms with Gasteiger partial charge in [0.15, 0.2) is 0 Å². The molecule has 156 valence electrons. The summed E-state index contributed by atoms with van der Waals surface area (Å²) in [7, 11) is 0. The topological polar surface area (TPSA) is 30.9 Å². The SMILES string of the molecule is Nc1cc(-c2ccc3c(c2)c2ccccc2n3-c2ccccc2)cc2sc3ccccc3c12. The van der Waals surface area contributed by atoms with Crippen LogP contribution in [0.5, 0.6) is 0 Å². The predicted octanol–water partition coefficient (Wildman–Crippen LogP) is 8.40. The fourth-order valence-electron chi connectivity index (χ4n) is 5.06. The minimum absolute atomic E-state index is 0.840. The highest BCUT2D eigenvalue weighted by molar-refractivity contribution is 7.26. The number of fused-ring (bicyclic) bond motifs is 6. The van der Waals surface area contributed by atoms with E-state index in [4.69, 9.17) is 5.73 Å². The molecule has 3 heteroatoms. The number of hydrogen-bond donors (Lipinski definition) is 1. The summed E-state index contributed by atoms with van der Waals surface area (Å²) in [6.45, 7) is 0. The molecule has 5 aromatic carbocycles. The van der Waals surface area contributed by atoms with Gasteiger partial charge >= 0.3 is 0 Å². The summed E-state index contributed by atoms with van der Waals surface area (Å²) in [6.07, 6.45) is 0. The zero-order valence-electron chi connectivity index (χ0n) is 17.8. The first-order valence-electron chi connectivity index (χ1n) is 11.1. The molecule has 2 heterocycles. The van der Waals surface area contributed by atoms with E-state index >= 15 is 0 Å². The van der Waals surface area contributed by atoms with Crippen molar-refractivity contribution in [1.29, 1.82) is 0 Å². The Balaban J connectivity index is 1.49. The van der Waals surface area contributed by atoms with E-state index in [9.17, 15) is 0 Å². The monoisotopic (exact) mass is 440 g/mol. The fourth-order valence-corrected chi connectivity index (χ4v) is 6.24. The lowest BCUT2D eigenvalue weighted by atomic mass is 10.00. The molecule has 0 saturated carbocycles. The van der Waals surface area contributed by atoms with Gasteiger partial charge in [-0.15, -0.1) is 11.3 Å². The quantitative estimate of drug-likeness (QED) is 0.269. The van der Waals surface area contributed by atoms with Gasteiger partial charge in [0.05, 0.1) is 11.0 Å². The highest BCUT2D eigenvalue weighted by atomic mass is 32.1. The van der Waals surface area contributed by atoms with E-state index in [2.05, 4.69) is 114 Å². The van der Waals surface area contributed by atoms with Crippen molar-refractivity contribution in [3.05, 3.63) is 109 Å². The van der Waals surface area contributed by atoms with Crippen LogP contribution < -0.4 is 5.73 Å². The summed E-state index contributed by atoms with van der Waals surface area (Å²) in [5, 5.41) is 4.92. The molecule has 7 aromatic rings. The minimum Gasteiger partial charge on any atom is -0.398 e. The first-order chi connectivity index (χ1) is 16.3. The van der Waals surface area contributed by atoms with Crippen LogP contribution in [-0.4, -0.2) is 4.57 Å². The van der Waals surface area contributed by atoms with Gasteiger partial charge in [-0.25, -0.2) is 0 Å². The molecule has 0 fully saturated rings. The molecule has 0 aliphatic carbocycles. The summed E-state index contributed by atoms with van der Waals surface area (Å²) in [4.78, 5) is 0. The van der Waals surface area contributed by atoms with Gasteiger partial charge in [-0.3, -0.25) is 0 Å². The molecule has 2 aromatic heterocycles. The molecule has 0 unspecified atom stereocenters. The van der Waals surface area contributed by atoms with Crippen molar-refractivity contribution in [3.8, 4) is 16.8 Å². The van der Waals surface area contributed by atoms with Crippen molar-refractivity contribution in [2.75, 3.05) is 5.73 Å². The molecule has 0 spiro atoms. The molecule has 33 heavy (non-hydrogen) atoms. The van der Waals surface area contributed by atoms with Crippen molar-refractivity contribution in [1.82, 2.24) is 4.57 Å². The standard InChI is InChI=1S/C30H20N2S/c31-25-17-20(18-29-30(25)23-11-5-7-13-28(23)33-29)19-14-15-27-24(16-19)22-10-4-6-12-26(22)32(27)21-8-2-1-3-9-21/h1-18H,31H2. The van der Waals surface area contributed by atoms with Crippen molar-refractivity contribution < 1.29 is 0 Å². The Morgan fingerprint density at radius 2 is 1.27 bits per heavy atom. The van der Waals surface area contributed by atoms with Crippen LogP contribution in [0.15, 0.2) is 109 Å². The first-order valence-corrected chi connectivity index (χ1v) is 11.9. The number of rotatable bonds is 2. The smallest absolute Gasteiger partial charge is 0.0541 e. The van der Waals surface area contributed by atoms with Gasteiger partial charge in [0.2, 0.25) is 0 Å². The maximum Gasteiger partial charge on any atom is 0.0541 e. The highest BCUT2D eigenvalue weighted by Gasteiger charge is 2.14. The zero-order chi connectivity index (χ0) is 21.9. The molecular weight excluding hydrogens is 420 g/mol. The van der Waals surface area contributed by atoms with E-state index in [1.165, 1.54) is 53.2 Å². The number of nitrogen functional groups attached to an aromatic ring is 1. The Bertz CT molecular complexity index is 1820. The van der Waals surface area contributed by atoms with E-state index in [0.29, 0.717) is 0 Å². The normalized spacial score (nSPS) is 11.8. The fraction of sp³-hybridized carbons (Fsp3) is 0. The van der Waals surface area contributed by atoms with E-state index in [1.54, 1.807) is 0 Å². The van der Waals surface area contributed by atoms with Crippen LogP contribution in [0.4, 0.5) is 5.69 Å². The second kappa shape index (κ2) is 6.96. The van der Waals surface area contributed by atoms with Crippen LogP contribution in [0.3, 0.4) is 0 Å². The van der Waals surface area contributed by atoms with E-state index in [1.807, 2.05) is 11.3 Å². The third kappa shape index (κ3) is 2.73. The lowest BCUT2D eigenvalue weighted by Crippen LogP contribution is -1.93. The van der Waals surface area contributed by atoms with Gasteiger partial charge in [0.25, 0.3) is 0 Å². The van der Waals surface area contributed by atoms with Crippen molar-refractivity contribution >= 4 is 59.0 Å². The maximum absolute atomic E-state index is 6.59. The molecule has 0 aliphatic heterocycles. The molecule has 0 saturated heterocycles. The van der Waals surface area contributed by atoms with Crippen molar-refractivity contribution in [3.63, 3.8) is 0 Å². The minimum atomic E-state index is 0.840. The van der Waals surface area contributed by atoms with Crippen LogP contribution in [0.1, 0.15) is 0 Å². The second-order valence-corrected chi connectivity index (χ2v) is 9.54.